The lowest BCUT2D eigenvalue weighted by Crippen LogP contribution is -2.02. The van der Waals surface area contributed by atoms with Crippen molar-refractivity contribution < 1.29 is 13.6 Å². The molecule has 0 bridgehead atoms. The Morgan fingerprint density at radius 1 is 1.00 bits per heavy atom. The summed E-state index contributed by atoms with van der Waals surface area (Å²) in [6.07, 6.45) is 0. The van der Waals surface area contributed by atoms with Crippen LogP contribution in [0.1, 0.15) is 11.5 Å². The van der Waals surface area contributed by atoms with E-state index >= 15 is 0 Å². The van der Waals surface area contributed by atoms with E-state index in [2.05, 4.69) is 10.2 Å². The molecule has 0 amide bonds. The van der Waals surface area contributed by atoms with Crippen molar-refractivity contribution in [1.29, 1.82) is 0 Å². The van der Waals surface area contributed by atoms with Crippen LogP contribution in [0.25, 0.3) is 22.4 Å². The summed E-state index contributed by atoms with van der Waals surface area (Å²) >= 11 is 0. The molecule has 124 valence electrons. The average Bonchev–Trinajstić information content (AvgIpc) is 3.09. The molecule has 0 aliphatic heterocycles. The predicted octanol–water partition coefficient (Wildman–Crippen LogP) is 3.73. The molecular formula is C19H14N2O4. The summed E-state index contributed by atoms with van der Waals surface area (Å²) in [5.41, 5.74) is 1.99. The molecule has 6 heteroatoms. The van der Waals surface area contributed by atoms with Gasteiger partial charge in [0.1, 0.15) is 11.3 Å². The maximum Gasteiger partial charge on any atom is 0.339 e. The van der Waals surface area contributed by atoms with Gasteiger partial charge in [0.2, 0.25) is 5.89 Å². The lowest BCUT2D eigenvalue weighted by molar-refractivity contribution is 0.265. The second-order valence-corrected chi connectivity index (χ2v) is 5.58. The zero-order valence-electron chi connectivity index (χ0n) is 13.4. The summed E-state index contributed by atoms with van der Waals surface area (Å²) in [5.74, 6) is 1.17. The number of ether oxygens (including phenoxy) is 1. The van der Waals surface area contributed by atoms with Crippen LogP contribution in [-0.4, -0.2) is 10.2 Å². The molecule has 0 aliphatic rings. The molecule has 0 aliphatic carbocycles. The van der Waals surface area contributed by atoms with Crippen LogP contribution in [0.4, 0.5) is 0 Å². The van der Waals surface area contributed by atoms with E-state index in [9.17, 15) is 4.79 Å². The topological polar surface area (TPSA) is 78.4 Å². The maximum absolute atomic E-state index is 11.6. The zero-order valence-corrected chi connectivity index (χ0v) is 13.4. The van der Waals surface area contributed by atoms with Gasteiger partial charge < -0.3 is 13.6 Å². The van der Waals surface area contributed by atoms with Crippen molar-refractivity contribution in [2.24, 2.45) is 0 Å². The van der Waals surface area contributed by atoms with Crippen LogP contribution in [0.2, 0.25) is 0 Å². The Morgan fingerprint density at radius 2 is 1.80 bits per heavy atom. The average molecular weight is 334 g/mol. The summed E-state index contributed by atoms with van der Waals surface area (Å²) < 4.78 is 16.5. The van der Waals surface area contributed by atoms with E-state index in [0.717, 1.165) is 11.1 Å². The fourth-order valence-corrected chi connectivity index (χ4v) is 2.47. The third-order valence-corrected chi connectivity index (χ3v) is 3.73. The van der Waals surface area contributed by atoms with Gasteiger partial charge in [-0.25, -0.2) is 4.79 Å². The molecule has 2 aromatic carbocycles. The third-order valence-electron chi connectivity index (χ3n) is 3.73. The van der Waals surface area contributed by atoms with Crippen LogP contribution in [0, 0.1) is 6.92 Å². The molecule has 0 spiro atoms. The first-order chi connectivity index (χ1) is 12.2. The Balaban J connectivity index is 1.56. The fourth-order valence-electron chi connectivity index (χ4n) is 2.47. The second kappa shape index (κ2) is 6.24. The highest BCUT2D eigenvalue weighted by Gasteiger charge is 2.11. The highest BCUT2D eigenvalue weighted by Crippen LogP contribution is 2.24. The van der Waals surface area contributed by atoms with Gasteiger partial charge in [0.25, 0.3) is 5.89 Å². The van der Waals surface area contributed by atoms with Gasteiger partial charge in [-0.15, -0.1) is 10.2 Å². The number of para-hydroxylation sites is 1. The molecule has 6 nitrogen and oxygen atoms in total. The molecule has 0 fully saturated rings. The molecular weight excluding hydrogens is 320 g/mol. The Labute approximate surface area is 142 Å². The summed E-state index contributed by atoms with van der Waals surface area (Å²) in [6, 6.07) is 16.3. The fraction of sp³-hybridized carbons (Fsp3) is 0.105. The van der Waals surface area contributed by atoms with Crippen molar-refractivity contribution in [3.63, 3.8) is 0 Å². The Hall–Kier alpha value is -3.41. The molecule has 25 heavy (non-hydrogen) atoms. The SMILES string of the molecule is Cc1ccc(-c2nnc(COc3cc(=O)oc4ccccc34)o2)cc1. The standard InChI is InChI=1S/C19H14N2O4/c1-12-6-8-13(9-7-12)19-21-20-17(25-19)11-23-16-10-18(22)24-15-5-3-2-4-14(15)16/h2-10H,11H2,1H3. The van der Waals surface area contributed by atoms with E-state index in [1.165, 1.54) is 6.07 Å². The van der Waals surface area contributed by atoms with Crippen molar-refractivity contribution in [2.45, 2.75) is 13.5 Å². The van der Waals surface area contributed by atoms with E-state index < -0.39 is 5.63 Å². The molecule has 0 radical (unpaired) electrons. The molecule has 0 unspecified atom stereocenters. The summed E-state index contributed by atoms with van der Waals surface area (Å²) in [5, 5.41) is 8.73. The Morgan fingerprint density at radius 3 is 2.64 bits per heavy atom. The summed E-state index contributed by atoms with van der Waals surface area (Å²) in [6.45, 7) is 2.07. The lowest BCUT2D eigenvalue weighted by atomic mass is 10.1. The largest absolute Gasteiger partial charge is 0.483 e. The molecule has 2 heterocycles. The van der Waals surface area contributed by atoms with Crippen LogP contribution in [-0.2, 0) is 6.61 Å². The van der Waals surface area contributed by atoms with Gasteiger partial charge in [-0.2, -0.15) is 0 Å². The van der Waals surface area contributed by atoms with Crippen LogP contribution < -0.4 is 10.4 Å². The normalized spacial score (nSPS) is 10.9. The van der Waals surface area contributed by atoms with E-state index in [4.69, 9.17) is 13.6 Å². The molecule has 0 saturated carbocycles. The van der Waals surface area contributed by atoms with Crippen molar-refractivity contribution in [3.8, 4) is 17.2 Å². The number of aromatic nitrogens is 2. The lowest BCUT2D eigenvalue weighted by Gasteiger charge is -2.05. The highest BCUT2D eigenvalue weighted by atomic mass is 16.5. The van der Waals surface area contributed by atoms with Crippen LogP contribution >= 0.6 is 0 Å². The van der Waals surface area contributed by atoms with Gasteiger partial charge in [-0.1, -0.05) is 29.8 Å². The number of hydrogen-bond acceptors (Lipinski definition) is 6. The number of benzene rings is 2. The van der Waals surface area contributed by atoms with Gasteiger partial charge in [-0.3, -0.25) is 0 Å². The van der Waals surface area contributed by atoms with E-state index in [1.54, 1.807) is 12.1 Å². The molecule has 0 N–H and O–H groups in total. The van der Waals surface area contributed by atoms with E-state index in [1.807, 2.05) is 43.3 Å². The minimum atomic E-state index is -0.473. The van der Waals surface area contributed by atoms with Crippen LogP contribution in [0.5, 0.6) is 5.75 Å². The molecule has 0 atom stereocenters. The first kappa shape index (κ1) is 15.1. The van der Waals surface area contributed by atoms with Gasteiger partial charge in [0.15, 0.2) is 6.61 Å². The molecule has 0 saturated heterocycles. The maximum atomic E-state index is 11.6. The minimum Gasteiger partial charge on any atom is -0.483 e. The number of aryl methyl sites for hydroxylation is 1. The number of fused-ring (bicyclic) bond motifs is 1. The van der Waals surface area contributed by atoms with Gasteiger partial charge in [0, 0.05) is 5.56 Å². The smallest absolute Gasteiger partial charge is 0.339 e. The van der Waals surface area contributed by atoms with Crippen molar-refractivity contribution in [3.05, 3.63) is 76.5 Å². The molecule has 2 aromatic heterocycles. The van der Waals surface area contributed by atoms with Gasteiger partial charge in [-0.05, 0) is 31.2 Å². The van der Waals surface area contributed by atoms with Gasteiger partial charge >= 0.3 is 5.63 Å². The number of nitrogens with zero attached hydrogens (tertiary/aromatic N) is 2. The van der Waals surface area contributed by atoms with Crippen molar-refractivity contribution in [2.75, 3.05) is 0 Å². The Bertz CT molecular complexity index is 1080. The Kier molecular flexibility index (Phi) is 3.78. The number of rotatable bonds is 4. The zero-order chi connectivity index (χ0) is 17.2. The monoisotopic (exact) mass is 334 g/mol. The van der Waals surface area contributed by atoms with Crippen LogP contribution in [0.15, 0.2) is 68.2 Å². The summed E-state index contributed by atoms with van der Waals surface area (Å²) in [7, 11) is 0. The first-order valence-corrected chi connectivity index (χ1v) is 7.74. The molecule has 4 rings (SSSR count). The highest BCUT2D eigenvalue weighted by molar-refractivity contribution is 5.82. The quantitative estimate of drug-likeness (QED) is 0.529. The van der Waals surface area contributed by atoms with Crippen molar-refractivity contribution in [1.82, 2.24) is 10.2 Å². The van der Waals surface area contributed by atoms with E-state index in [-0.39, 0.29) is 6.61 Å². The first-order valence-electron chi connectivity index (χ1n) is 7.74. The summed E-state index contributed by atoms with van der Waals surface area (Å²) in [4.78, 5) is 11.6. The minimum absolute atomic E-state index is 0.0618. The third kappa shape index (κ3) is 3.14. The van der Waals surface area contributed by atoms with Gasteiger partial charge in [0.05, 0.1) is 11.5 Å². The second-order valence-electron chi connectivity index (χ2n) is 5.58. The predicted molar refractivity (Wildman–Crippen MR) is 91.3 cm³/mol. The van der Waals surface area contributed by atoms with E-state index in [0.29, 0.717) is 28.5 Å². The number of hydrogen-bond donors (Lipinski definition) is 0. The van der Waals surface area contributed by atoms with Crippen LogP contribution in [0.3, 0.4) is 0 Å². The molecule has 4 aromatic rings. The van der Waals surface area contributed by atoms with Crippen molar-refractivity contribution >= 4 is 11.0 Å².